The summed E-state index contributed by atoms with van der Waals surface area (Å²) in [4.78, 5) is 8.25. The molecule has 0 spiro atoms. The maximum Gasteiger partial charge on any atom is 0.104 e. The topological polar surface area (TPSA) is 60.4 Å². The Morgan fingerprint density at radius 1 is 1.31 bits per heavy atom. The first kappa shape index (κ1) is 14.6. The van der Waals surface area contributed by atoms with Gasteiger partial charge in [0.2, 0.25) is 0 Å². The average molecular weight is 225 g/mol. The Morgan fingerprint density at radius 2 is 1.81 bits per heavy atom. The Hall–Kier alpha value is -1.39. The zero-order chi connectivity index (χ0) is 12.4. The second-order valence-corrected chi connectivity index (χ2v) is 4.12. The van der Waals surface area contributed by atoms with Crippen LogP contribution in [0.15, 0.2) is 30.3 Å². The zero-order valence-corrected chi connectivity index (χ0v) is 9.80. The van der Waals surface area contributed by atoms with Gasteiger partial charge >= 0.3 is 0 Å². The van der Waals surface area contributed by atoms with Crippen LogP contribution in [0, 0.1) is 0 Å². The molecule has 1 N–H and O–H groups in total. The van der Waals surface area contributed by atoms with Crippen LogP contribution in [0.2, 0.25) is 0 Å². The van der Waals surface area contributed by atoms with Crippen molar-refractivity contribution < 1.29 is 19.5 Å². The van der Waals surface area contributed by atoms with Crippen molar-refractivity contribution >= 4 is 6.47 Å². The van der Waals surface area contributed by atoms with E-state index in [2.05, 4.69) is 26.2 Å². The van der Waals surface area contributed by atoms with E-state index in [0.717, 1.165) is 17.6 Å². The summed E-state index contributed by atoms with van der Waals surface area (Å²) in [6, 6.07) is 10.4. The lowest BCUT2D eigenvalue weighted by molar-refractivity contribution is -0.903. The highest BCUT2D eigenvalue weighted by molar-refractivity contribution is 5.29. The van der Waals surface area contributed by atoms with Crippen molar-refractivity contribution in [3.05, 3.63) is 35.9 Å². The standard InChI is InChI=1S/C11H18NO.CH2O2/c1-12(2,8-9-13)10-11-6-4-3-5-7-11;2-1-3/h3-7,13H,8-10H2,1-2H3;1H,(H,2,3)/q+1;/p-1. The van der Waals surface area contributed by atoms with Crippen molar-refractivity contribution in [2.24, 2.45) is 0 Å². The Kier molecular flexibility index (Phi) is 7.16. The number of aliphatic hydroxyl groups is 1. The minimum atomic E-state index is -0.500. The van der Waals surface area contributed by atoms with E-state index in [1.165, 1.54) is 5.56 Å². The van der Waals surface area contributed by atoms with E-state index in [-0.39, 0.29) is 6.61 Å². The quantitative estimate of drug-likeness (QED) is 0.561. The molecule has 4 heteroatoms. The third-order valence-corrected chi connectivity index (χ3v) is 2.16. The van der Waals surface area contributed by atoms with Gasteiger partial charge in [0.25, 0.3) is 0 Å². The molecule has 0 aliphatic rings. The number of hydrogen-bond acceptors (Lipinski definition) is 3. The predicted octanol–water partition coefficient (Wildman–Crippen LogP) is -0.379. The maximum absolute atomic E-state index is 8.86. The van der Waals surface area contributed by atoms with Crippen LogP contribution in [0.3, 0.4) is 0 Å². The van der Waals surface area contributed by atoms with Crippen LogP contribution in [-0.2, 0) is 11.3 Å². The van der Waals surface area contributed by atoms with Crippen molar-refractivity contribution in [1.29, 1.82) is 0 Å². The summed E-state index contributed by atoms with van der Waals surface area (Å²) in [6.07, 6.45) is 0. The Balaban J connectivity index is 0.000000673. The molecule has 4 nitrogen and oxygen atoms in total. The molecule has 0 aliphatic heterocycles. The minimum absolute atomic E-state index is 0.250. The number of likely N-dealkylation sites (N-methyl/N-ethyl adjacent to an activating group) is 1. The second-order valence-electron chi connectivity index (χ2n) is 4.12. The van der Waals surface area contributed by atoms with Crippen LogP contribution in [0.4, 0.5) is 0 Å². The molecule has 0 heterocycles. The largest absolute Gasteiger partial charge is 0.554 e. The maximum atomic E-state index is 8.86. The molecule has 0 saturated carbocycles. The van der Waals surface area contributed by atoms with E-state index in [9.17, 15) is 0 Å². The van der Waals surface area contributed by atoms with E-state index in [4.69, 9.17) is 15.0 Å². The van der Waals surface area contributed by atoms with Gasteiger partial charge in [-0.05, 0) is 0 Å². The lowest BCUT2D eigenvalue weighted by Gasteiger charge is -2.28. The molecular formula is C12H19NO3. The SMILES string of the molecule is C[N+](C)(CCO)Cc1ccccc1.O=C[O-]. The average Bonchev–Trinajstić information content (AvgIpc) is 2.19. The first-order chi connectivity index (χ1) is 7.55. The highest BCUT2D eigenvalue weighted by Crippen LogP contribution is 2.07. The summed E-state index contributed by atoms with van der Waals surface area (Å²) in [6.45, 7) is 1.52. The predicted molar refractivity (Wildman–Crippen MR) is 60.3 cm³/mol. The molecule has 1 rings (SSSR count). The number of aliphatic hydroxyl groups excluding tert-OH is 1. The van der Waals surface area contributed by atoms with Gasteiger partial charge in [0.15, 0.2) is 0 Å². The molecule has 16 heavy (non-hydrogen) atoms. The van der Waals surface area contributed by atoms with Gasteiger partial charge in [-0.3, -0.25) is 0 Å². The monoisotopic (exact) mass is 225 g/mol. The third kappa shape index (κ3) is 6.98. The lowest BCUT2D eigenvalue weighted by Crippen LogP contribution is -2.40. The Bertz CT molecular complexity index is 286. The normalized spacial score (nSPS) is 10.2. The fraction of sp³-hybridized carbons (Fsp3) is 0.417. The highest BCUT2D eigenvalue weighted by Gasteiger charge is 2.13. The Labute approximate surface area is 96.3 Å². The van der Waals surface area contributed by atoms with Crippen LogP contribution in [0.1, 0.15) is 5.56 Å². The molecule has 0 unspecified atom stereocenters. The molecule has 90 valence electrons. The molecule has 0 amide bonds. The molecule has 0 bridgehead atoms. The molecule has 0 saturated heterocycles. The van der Waals surface area contributed by atoms with Crippen LogP contribution in [-0.4, -0.2) is 43.3 Å². The summed E-state index contributed by atoms with van der Waals surface area (Å²) in [5.74, 6) is 0. The highest BCUT2D eigenvalue weighted by atomic mass is 16.3. The summed E-state index contributed by atoms with van der Waals surface area (Å²) in [5, 5.41) is 17.1. The van der Waals surface area contributed by atoms with E-state index < -0.39 is 6.47 Å². The third-order valence-electron chi connectivity index (χ3n) is 2.16. The molecule has 0 aromatic heterocycles. The van der Waals surface area contributed by atoms with Crippen LogP contribution in [0.5, 0.6) is 0 Å². The second kappa shape index (κ2) is 7.84. The van der Waals surface area contributed by atoms with Crippen LogP contribution >= 0.6 is 0 Å². The van der Waals surface area contributed by atoms with Gasteiger partial charge in [-0.2, -0.15) is 0 Å². The van der Waals surface area contributed by atoms with Gasteiger partial charge in [0, 0.05) is 12.0 Å². The molecule has 0 atom stereocenters. The van der Waals surface area contributed by atoms with Crippen molar-refractivity contribution in [2.75, 3.05) is 27.2 Å². The summed E-state index contributed by atoms with van der Waals surface area (Å²) in [5.41, 5.74) is 1.32. The van der Waals surface area contributed by atoms with Gasteiger partial charge < -0.3 is 19.5 Å². The molecule has 0 radical (unpaired) electrons. The zero-order valence-electron chi connectivity index (χ0n) is 9.80. The van der Waals surface area contributed by atoms with Gasteiger partial charge in [-0.1, -0.05) is 30.3 Å². The van der Waals surface area contributed by atoms with Gasteiger partial charge in [-0.25, -0.2) is 0 Å². The molecule has 1 aromatic carbocycles. The van der Waals surface area contributed by atoms with E-state index in [1.807, 2.05) is 18.2 Å². The number of carbonyl (C=O) groups is 1. The van der Waals surface area contributed by atoms with E-state index in [1.54, 1.807) is 0 Å². The number of rotatable bonds is 4. The van der Waals surface area contributed by atoms with Crippen molar-refractivity contribution in [3.63, 3.8) is 0 Å². The minimum Gasteiger partial charge on any atom is -0.554 e. The van der Waals surface area contributed by atoms with Gasteiger partial charge in [0.1, 0.15) is 13.1 Å². The fourth-order valence-electron chi connectivity index (χ4n) is 1.43. The van der Waals surface area contributed by atoms with Crippen molar-refractivity contribution in [3.8, 4) is 0 Å². The molecule has 1 aromatic rings. The summed E-state index contributed by atoms with van der Waals surface area (Å²) < 4.78 is 0.834. The van der Waals surface area contributed by atoms with Gasteiger partial charge in [-0.15, -0.1) is 0 Å². The number of nitrogens with zero attached hydrogens (tertiary/aromatic N) is 1. The van der Waals surface area contributed by atoms with Crippen molar-refractivity contribution in [1.82, 2.24) is 0 Å². The first-order valence-corrected chi connectivity index (χ1v) is 5.08. The molecular weight excluding hydrogens is 206 g/mol. The number of carbonyl (C=O) groups excluding carboxylic acids is 1. The Morgan fingerprint density at radius 3 is 2.25 bits per heavy atom. The smallest absolute Gasteiger partial charge is 0.104 e. The molecule has 0 fully saturated rings. The number of carboxylic acid groups (broad SMARTS) is 1. The first-order valence-electron chi connectivity index (χ1n) is 5.08. The fourth-order valence-corrected chi connectivity index (χ4v) is 1.43. The van der Waals surface area contributed by atoms with Gasteiger partial charge in [0.05, 0.1) is 20.7 Å². The summed E-state index contributed by atoms with van der Waals surface area (Å²) in [7, 11) is 4.26. The number of hydrogen-bond donors (Lipinski definition) is 1. The van der Waals surface area contributed by atoms with Crippen molar-refractivity contribution in [2.45, 2.75) is 6.54 Å². The number of benzene rings is 1. The van der Waals surface area contributed by atoms with E-state index in [0.29, 0.717) is 0 Å². The van der Waals surface area contributed by atoms with Crippen LogP contribution < -0.4 is 5.11 Å². The number of quaternary nitrogens is 1. The lowest BCUT2D eigenvalue weighted by atomic mass is 10.2. The molecule has 0 aliphatic carbocycles. The van der Waals surface area contributed by atoms with E-state index >= 15 is 0 Å². The summed E-state index contributed by atoms with van der Waals surface area (Å²) >= 11 is 0. The van der Waals surface area contributed by atoms with Crippen LogP contribution in [0.25, 0.3) is 0 Å².